The minimum Gasteiger partial charge on any atom is -0.465 e. The number of halogens is 2. The largest absolute Gasteiger partial charge is 0.465 e. The molecule has 2 N–H and O–H groups in total. The monoisotopic (exact) mass is 381 g/mol. The summed E-state index contributed by atoms with van der Waals surface area (Å²) < 4.78 is 0. The van der Waals surface area contributed by atoms with Crippen molar-refractivity contribution in [3.8, 4) is 0 Å². The minimum atomic E-state index is -0.948. The molecule has 1 saturated heterocycles. The lowest BCUT2D eigenvalue weighted by atomic mass is 9.95. The van der Waals surface area contributed by atoms with Crippen molar-refractivity contribution < 1.29 is 14.7 Å². The van der Waals surface area contributed by atoms with Crippen molar-refractivity contribution in [2.45, 2.75) is 6.17 Å². The summed E-state index contributed by atoms with van der Waals surface area (Å²) in [5, 5.41) is 12.7. The lowest BCUT2D eigenvalue weighted by Gasteiger charge is -2.45. The quantitative estimate of drug-likeness (QED) is 0.840. The highest BCUT2D eigenvalue weighted by Gasteiger charge is 2.39. The number of carboxylic acid groups (broad SMARTS) is 1. The van der Waals surface area contributed by atoms with E-state index in [0.717, 1.165) is 0 Å². The van der Waals surface area contributed by atoms with Crippen LogP contribution in [0.25, 0.3) is 0 Å². The van der Waals surface area contributed by atoms with Gasteiger partial charge in [-0.1, -0.05) is 35.4 Å². The molecule has 6 nitrogen and oxygen atoms in total. The predicted octanol–water partition coefficient (Wildman–Crippen LogP) is 3.04. The molecular weight excluding hydrogens is 365 g/mol. The molecule has 1 aromatic carbocycles. The van der Waals surface area contributed by atoms with E-state index in [-0.39, 0.29) is 23.0 Å². The first-order valence-electron chi connectivity index (χ1n) is 7.78. The third-order valence-corrected chi connectivity index (χ3v) is 4.83. The number of carbonyl (C=O) groups is 2. The highest BCUT2D eigenvalue weighted by atomic mass is 35.5. The van der Waals surface area contributed by atoms with Gasteiger partial charge in [0.25, 0.3) is 5.91 Å². The smallest absolute Gasteiger partial charge is 0.407 e. The molecule has 0 aromatic heterocycles. The number of benzene rings is 1. The van der Waals surface area contributed by atoms with Gasteiger partial charge in [-0.3, -0.25) is 4.79 Å². The van der Waals surface area contributed by atoms with Crippen LogP contribution >= 0.6 is 23.2 Å². The lowest BCUT2D eigenvalue weighted by molar-refractivity contribution is 0.0296. The molecule has 0 radical (unpaired) electrons. The number of rotatable bonds is 4. The van der Waals surface area contributed by atoms with Crippen molar-refractivity contribution in [1.29, 1.82) is 0 Å². The number of amides is 2. The van der Waals surface area contributed by atoms with Crippen LogP contribution in [-0.4, -0.2) is 52.7 Å². The number of hydrogen-bond acceptors (Lipinski definition) is 3. The maximum atomic E-state index is 12.7. The molecule has 0 spiro atoms. The van der Waals surface area contributed by atoms with Crippen molar-refractivity contribution in [3.63, 3.8) is 0 Å². The Labute approximate surface area is 155 Å². The van der Waals surface area contributed by atoms with Gasteiger partial charge in [0.15, 0.2) is 0 Å². The Bertz CT molecular complexity index is 745. The first-order valence-corrected chi connectivity index (χ1v) is 8.54. The predicted molar refractivity (Wildman–Crippen MR) is 95.8 cm³/mol. The summed E-state index contributed by atoms with van der Waals surface area (Å²) in [5.74, 6) is -0.314. The Morgan fingerprint density at radius 2 is 2.00 bits per heavy atom. The van der Waals surface area contributed by atoms with Crippen LogP contribution in [0.3, 0.4) is 0 Å². The standard InChI is InChI=1S/C17H17Cl2N3O3/c18-12-4-5-13(14(19)8-12)16(23)20-15(21-6-2-1-3-7-21)11-9-22(10-11)17(24)25/h1-6,8,11,15H,7,9-10H2,(H,20,23)(H,24,25). The van der Waals surface area contributed by atoms with Crippen LogP contribution in [0.1, 0.15) is 10.4 Å². The van der Waals surface area contributed by atoms with Gasteiger partial charge in [-0.2, -0.15) is 0 Å². The van der Waals surface area contributed by atoms with Gasteiger partial charge in [0.2, 0.25) is 0 Å². The van der Waals surface area contributed by atoms with Crippen LogP contribution in [0.15, 0.2) is 42.6 Å². The maximum Gasteiger partial charge on any atom is 0.407 e. The van der Waals surface area contributed by atoms with Crippen LogP contribution in [0, 0.1) is 5.92 Å². The first-order chi connectivity index (χ1) is 12.0. The molecule has 0 saturated carbocycles. The summed E-state index contributed by atoms with van der Waals surface area (Å²) in [4.78, 5) is 27.0. The van der Waals surface area contributed by atoms with Crippen LogP contribution in [0.4, 0.5) is 4.79 Å². The lowest BCUT2D eigenvalue weighted by Crippen LogP contribution is -2.62. The Morgan fingerprint density at radius 1 is 1.24 bits per heavy atom. The van der Waals surface area contributed by atoms with Gasteiger partial charge in [-0.25, -0.2) is 4.79 Å². The summed E-state index contributed by atoms with van der Waals surface area (Å²) in [6.07, 6.45) is 6.40. The highest BCUT2D eigenvalue weighted by molar-refractivity contribution is 6.36. The van der Waals surface area contributed by atoms with Crippen molar-refractivity contribution in [3.05, 3.63) is 58.2 Å². The second kappa shape index (κ2) is 7.37. The number of nitrogens with zero attached hydrogens (tertiary/aromatic N) is 2. The van der Waals surface area contributed by atoms with E-state index in [1.165, 1.54) is 11.0 Å². The Hall–Kier alpha value is -2.18. The zero-order valence-corrected chi connectivity index (χ0v) is 14.7. The van der Waals surface area contributed by atoms with Gasteiger partial charge in [-0.15, -0.1) is 0 Å². The van der Waals surface area contributed by atoms with Crippen LogP contribution in [0.2, 0.25) is 10.0 Å². The third-order valence-electron chi connectivity index (χ3n) is 4.28. The van der Waals surface area contributed by atoms with E-state index in [9.17, 15) is 9.59 Å². The van der Waals surface area contributed by atoms with E-state index < -0.39 is 6.09 Å². The van der Waals surface area contributed by atoms with Gasteiger partial charge in [0.05, 0.1) is 10.6 Å². The summed E-state index contributed by atoms with van der Waals surface area (Å²) in [7, 11) is 0. The van der Waals surface area contributed by atoms with Gasteiger partial charge in [0.1, 0.15) is 6.17 Å². The number of allylic oxidation sites excluding steroid dienone is 2. The Kier molecular flexibility index (Phi) is 5.20. The van der Waals surface area contributed by atoms with Crippen LogP contribution in [0.5, 0.6) is 0 Å². The molecule has 0 bridgehead atoms. The normalized spacial score (nSPS) is 18.0. The van der Waals surface area contributed by atoms with Crippen LogP contribution < -0.4 is 5.32 Å². The number of carbonyl (C=O) groups excluding carboxylic acids is 1. The summed E-state index contributed by atoms with van der Waals surface area (Å²) >= 11 is 12.0. The van der Waals surface area contributed by atoms with Crippen LogP contribution in [-0.2, 0) is 0 Å². The molecule has 8 heteroatoms. The first kappa shape index (κ1) is 17.6. The van der Waals surface area contributed by atoms with Crippen molar-refractivity contribution in [2.75, 3.05) is 19.6 Å². The van der Waals surface area contributed by atoms with E-state index in [2.05, 4.69) is 5.32 Å². The molecule has 25 heavy (non-hydrogen) atoms. The third kappa shape index (κ3) is 3.91. The van der Waals surface area contributed by atoms with Crippen molar-refractivity contribution >= 4 is 35.2 Å². The molecule has 2 amide bonds. The average molecular weight is 382 g/mol. The molecule has 132 valence electrons. The van der Waals surface area contributed by atoms with Gasteiger partial charge in [-0.05, 0) is 24.3 Å². The summed E-state index contributed by atoms with van der Waals surface area (Å²) in [6, 6.07) is 4.70. The van der Waals surface area contributed by atoms with Crippen molar-refractivity contribution in [2.24, 2.45) is 5.92 Å². The summed E-state index contributed by atoms with van der Waals surface area (Å²) in [6.45, 7) is 1.39. The zero-order valence-electron chi connectivity index (χ0n) is 13.2. The topological polar surface area (TPSA) is 72.9 Å². The average Bonchev–Trinajstić information content (AvgIpc) is 2.52. The molecule has 1 atom stereocenters. The van der Waals surface area contributed by atoms with E-state index in [4.69, 9.17) is 28.3 Å². The molecular formula is C17H17Cl2N3O3. The fraction of sp³-hybridized carbons (Fsp3) is 0.294. The number of nitrogens with one attached hydrogen (secondary N) is 1. The molecule has 0 aliphatic carbocycles. The van der Waals surface area contributed by atoms with Crippen molar-refractivity contribution in [1.82, 2.24) is 15.1 Å². The Morgan fingerprint density at radius 3 is 2.60 bits per heavy atom. The number of likely N-dealkylation sites (tertiary alicyclic amines) is 1. The highest BCUT2D eigenvalue weighted by Crippen LogP contribution is 2.25. The fourth-order valence-corrected chi connectivity index (χ4v) is 3.41. The zero-order chi connectivity index (χ0) is 18.0. The fourth-order valence-electron chi connectivity index (χ4n) is 2.91. The molecule has 1 unspecified atom stereocenters. The SMILES string of the molecule is O=C(NC(C1CN(C(=O)O)C1)N1C=CC=CC1)c1ccc(Cl)cc1Cl. The van der Waals surface area contributed by atoms with E-state index >= 15 is 0 Å². The van der Waals surface area contributed by atoms with E-state index in [1.54, 1.807) is 12.1 Å². The second-order valence-electron chi connectivity index (χ2n) is 5.96. The Balaban J connectivity index is 1.75. The summed E-state index contributed by atoms with van der Waals surface area (Å²) in [5.41, 5.74) is 0.335. The maximum absolute atomic E-state index is 12.7. The van der Waals surface area contributed by atoms with Gasteiger partial charge >= 0.3 is 6.09 Å². The van der Waals surface area contributed by atoms with E-state index in [1.807, 2.05) is 29.3 Å². The molecule has 2 aliphatic rings. The molecule has 2 aliphatic heterocycles. The molecule has 1 fully saturated rings. The molecule has 3 rings (SSSR count). The number of hydrogen-bond donors (Lipinski definition) is 2. The van der Waals surface area contributed by atoms with Gasteiger partial charge < -0.3 is 20.2 Å². The second-order valence-corrected chi connectivity index (χ2v) is 6.80. The van der Waals surface area contributed by atoms with E-state index in [0.29, 0.717) is 30.2 Å². The minimum absolute atomic E-state index is 0.00211. The molecule has 1 aromatic rings. The van der Waals surface area contributed by atoms with Gasteiger partial charge in [0, 0.05) is 36.8 Å². The molecule has 2 heterocycles.